The van der Waals surface area contributed by atoms with Crippen molar-refractivity contribution in [3.63, 3.8) is 0 Å². The van der Waals surface area contributed by atoms with Gasteiger partial charge in [-0.05, 0) is 25.0 Å². The van der Waals surface area contributed by atoms with Gasteiger partial charge in [-0.3, -0.25) is 0 Å². The molecule has 0 bridgehead atoms. The Bertz CT molecular complexity index is 228. The monoisotopic (exact) mass is 152 g/mol. The van der Waals surface area contributed by atoms with Gasteiger partial charge in [-0.1, -0.05) is 23.8 Å². The Labute approximate surface area is 67.7 Å². The quantitative estimate of drug-likeness (QED) is 0.588. The van der Waals surface area contributed by atoms with Crippen LogP contribution in [0.1, 0.15) is 16.7 Å². The fraction of sp³-hybridized carbons (Fsp3) is 0.333. The highest BCUT2D eigenvalue weighted by Crippen LogP contribution is 2.11. The summed E-state index contributed by atoms with van der Waals surface area (Å²) in [4.78, 5) is 0. The Hall–Kier alpha value is -0.430. The number of hydrogen-bond acceptors (Lipinski definition) is 1. The van der Waals surface area contributed by atoms with Crippen molar-refractivity contribution in [1.82, 2.24) is 0 Å². The van der Waals surface area contributed by atoms with Crippen LogP contribution in [0.4, 0.5) is 0 Å². The molecule has 1 aromatic carbocycles. The number of hydrogen-bond donors (Lipinski definition) is 1. The molecule has 1 heteroatoms. The summed E-state index contributed by atoms with van der Waals surface area (Å²) < 4.78 is 0. The van der Waals surface area contributed by atoms with E-state index in [1.165, 1.54) is 16.7 Å². The van der Waals surface area contributed by atoms with E-state index in [-0.39, 0.29) is 0 Å². The average Bonchev–Trinajstić information content (AvgIpc) is 1.88. The number of benzene rings is 1. The van der Waals surface area contributed by atoms with E-state index in [4.69, 9.17) is 0 Å². The lowest BCUT2D eigenvalue weighted by Gasteiger charge is -2.01. The molecule has 10 heavy (non-hydrogen) atoms. The first kappa shape index (κ1) is 7.67. The maximum absolute atomic E-state index is 4.21. The predicted octanol–water partition coefficient (Wildman–Crippen LogP) is 2.73. The van der Waals surface area contributed by atoms with E-state index in [0.717, 1.165) is 5.75 Å². The summed E-state index contributed by atoms with van der Waals surface area (Å²) in [5.41, 5.74) is 3.99. The van der Waals surface area contributed by atoms with Crippen LogP contribution in [0.25, 0.3) is 0 Å². The Morgan fingerprint density at radius 2 is 2.00 bits per heavy atom. The Kier molecular flexibility index (Phi) is 2.39. The second-order valence-electron chi connectivity index (χ2n) is 2.59. The molecule has 0 nitrogen and oxygen atoms in total. The molecule has 0 aliphatic carbocycles. The smallest absolute Gasteiger partial charge is 0.0156 e. The lowest BCUT2D eigenvalue weighted by atomic mass is 10.1. The molecule has 0 saturated carbocycles. The first-order valence-corrected chi connectivity index (χ1v) is 4.04. The zero-order chi connectivity index (χ0) is 7.56. The van der Waals surface area contributed by atoms with Crippen molar-refractivity contribution < 1.29 is 0 Å². The van der Waals surface area contributed by atoms with Crippen molar-refractivity contribution in [2.24, 2.45) is 0 Å². The second-order valence-corrected chi connectivity index (χ2v) is 2.90. The molecule has 0 amide bonds. The molecular weight excluding hydrogens is 140 g/mol. The van der Waals surface area contributed by atoms with E-state index in [9.17, 15) is 0 Å². The van der Waals surface area contributed by atoms with Crippen molar-refractivity contribution in [2.45, 2.75) is 19.6 Å². The Balaban J connectivity index is 3.07. The molecule has 0 heterocycles. The molecule has 0 aliphatic heterocycles. The van der Waals surface area contributed by atoms with Gasteiger partial charge in [-0.25, -0.2) is 0 Å². The van der Waals surface area contributed by atoms with Crippen LogP contribution in [-0.2, 0) is 5.75 Å². The fourth-order valence-corrected chi connectivity index (χ4v) is 1.38. The summed E-state index contributed by atoms with van der Waals surface area (Å²) >= 11 is 4.21. The van der Waals surface area contributed by atoms with Gasteiger partial charge in [-0.2, -0.15) is 12.6 Å². The highest BCUT2D eigenvalue weighted by Gasteiger charge is 1.93. The van der Waals surface area contributed by atoms with Gasteiger partial charge in [0, 0.05) is 5.75 Å². The van der Waals surface area contributed by atoms with E-state index >= 15 is 0 Å². The van der Waals surface area contributed by atoms with E-state index in [0.29, 0.717) is 0 Å². The SMILES string of the molecule is Cc1ccc(CS)c(C)c1. The highest BCUT2D eigenvalue weighted by atomic mass is 32.1. The highest BCUT2D eigenvalue weighted by molar-refractivity contribution is 7.79. The van der Waals surface area contributed by atoms with Crippen molar-refractivity contribution >= 4 is 12.6 Å². The lowest BCUT2D eigenvalue weighted by Crippen LogP contribution is -1.84. The van der Waals surface area contributed by atoms with Crippen LogP contribution in [0.3, 0.4) is 0 Å². The average molecular weight is 152 g/mol. The Morgan fingerprint density at radius 3 is 2.50 bits per heavy atom. The molecule has 54 valence electrons. The van der Waals surface area contributed by atoms with E-state index in [2.05, 4.69) is 44.7 Å². The molecule has 0 unspecified atom stereocenters. The van der Waals surface area contributed by atoms with Gasteiger partial charge in [0.25, 0.3) is 0 Å². The molecule has 0 spiro atoms. The van der Waals surface area contributed by atoms with Gasteiger partial charge in [0.05, 0.1) is 0 Å². The summed E-state index contributed by atoms with van der Waals surface area (Å²) in [6.45, 7) is 4.23. The Morgan fingerprint density at radius 1 is 1.30 bits per heavy atom. The zero-order valence-electron chi connectivity index (χ0n) is 6.39. The van der Waals surface area contributed by atoms with Gasteiger partial charge in [-0.15, -0.1) is 0 Å². The van der Waals surface area contributed by atoms with Crippen molar-refractivity contribution in [3.8, 4) is 0 Å². The van der Waals surface area contributed by atoms with Crippen LogP contribution in [0, 0.1) is 13.8 Å². The van der Waals surface area contributed by atoms with Gasteiger partial charge >= 0.3 is 0 Å². The number of aryl methyl sites for hydroxylation is 2. The molecule has 0 aromatic heterocycles. The molecule has 1 aromatic rings. The summed E-state index contributed by atoms with van der Waals surface area (Å²) in [7, 11) is 0. The first-order chi connectivity index (χ1) is 4.74. The van der Waals surface area contributed by atoms with Crippen LogP contribution in [0.2, 0.25) is 0 Å². The molecule has 0 aliphatic rings. The maximum atomic E-state index is 4.21. The topological polar surface area (TPSA) is 0 Å². The molecule has 0 fully saturated rings. The minimum absolute atomic E-state index is 0.839. The molecule has 0 radical (unpaired) electrons. The third-order valence-electron chi connectivity index (χ3n) is 1.67. The normalized spacial score (nSPS) is 9.90. The zero-order valence-corrected chi connectivity index (χ0v) is 7.28. The molecule has 0 saturated heterocycles. The minimum atomic E-state index is 0.839. The standard InChI is InChI=1S/C9H12S/c1-7-3-4-9(6-10)8(2)5-7/h3-5,10H,6H2,1-2H3. The molecule has 1 rings (SSSR count). The number of thiol groups is 1. The molecule has 0 atom stereocenters. The van der Waals surface area contributed by atoms with Gasteiger partial charge in [0.2, 0.25) is 0 Å². The largest absolute Gasteiger partial charge is 0.175 e. The van der Waals surface area contributed by atoms with Crippen LogP contribution in [0.5, 0.6) is 0 Å². The van der Waals surface area contributed by atoms with Gasteiger partial charge in [0.15, 0.2) is 0 Å². The van der Waals surface area contributed by atoms with Crippen LogP contribution in [-0.4, -0.2) is 0 Å². The minimum Gasteiger partial charge on any atom is -0.175 e. The molecular formula is C9H12S. The van der Waals surface area contributed by atoms with Crippen molar-refractivity contribution in [3.05, 3.63) is 34.9 Å². The second kappa shape index (κ2) is 3.11. The summed E-state index contributed by atoms with van der Waals surface area (Å²) in [5, 5.41) is 0. The third kappa shape index (κ3) is 1.54. The lowest BCUT2D eigenvalue weighted by molar-refractivity contribution is 1.28. The number of rotatable bonds is 1. The van der Waals surface area contributed by atoms with Crippen molar-refractivity contribution in [1.29, 1.82) is 0 Å². The van der Waals surface area contributed by atoms with Crippen LogP contribution < -0.4 is 0 Å². The van der Waals surface area contributed by atoms with E-state index in [1.807, 2.05) is 0 Å². The molecule has 0 N–H and O–H groups in total. The predicted molar refractivity (Wildman–Crippen MR) is 48.6 cm³/mol. The van der Waals surface area contributed by atoms with E-state index < -0.39 is 0 Å². The third-order valence-corrected chi connectivity index (χ3v) is 2.01. The van der Waals surface area contributed by atoms with Gasteiger partial charge in [0.1, 0.15) is 0 Å². The fourth-order valence-electron chi connectivity index (χ4n) is 1.02. The van der Waals surface area contributed by atoms with E-state index in [1.54, 1.807) is 0 Å². The van der Waals surface area contributed by atoms with Crippen LogP contribution >= 0.6 is 12.6 Å². The van der Waals surface area contributed by atoms with Gasteiger partial charge < -0.3 is 0 Å². The summed E-state index contributed by atoms with van der Waals surface area (Å²) in [6.07, 6.45) is 0. The first-order valence-electron chi connectivity index (χ1n) is 3.41. The maximum Gasteiger partial charge on any atom is 0.0156 e. The van der Waals surface area contributed by atoms with Crippen LogP contribution in [0.15, 0.2) is 18.2 Å². The summed E-state index contributed by atoms with van der Waals surface area (Å²) in [6, 6.07) is 6.45. The summed E-state index contributed by atoms with van der Waals surface area (Å²) in [5.74, 6) is 0.839. The van der Waals surface area contributed by atoms with Crippen molar-refractivity contribution in [2.75, 3.05) is 0 Å².